The zero-order valence-electron chi connectivity index (χ0n) is 20.8. The fraction of sp³-hybridized carbons (Fsp3) is 0.600. The first-order valence-electron chi connectivity index (χ1n) is 11.7. The fourth-order valence-corrected chi connectivity index (χ4v) is 5.11. The van der Waals surface area contributed by atoms with E-state index in [1.165, 1.54) is 0 Å². The second kappa shape index (κ2) is 8.71. The van der Waals surface area contributed by atoms with Crippen molar-refractivity contribution in [2.24, 2.45) is 0 Å². The summed E-state index contributed by atoms with van der Waals surface area (Å²) >= 11 is 1.70. The van der Waals surface area contributed by atoms with Gasteiger partial charge in [-0.3, -0.25) is 0 Å². The van der Waals surface area contributed by atoms with Gasteiger partial charge in [0.15, 0.2) is 0 Å². The minimum Gasteiger partial charge on any atom is -0.444 e. The molecule has 0 bridgehead atoms. The maximum atomic E-state index is 12.5. The molecule has 0 aliphatic carbocycles. The molecular weight excluding hydrogens is 435 g/mol. The van der Waals surface area contributed by atoms with Crippen LogP contribution in [0.2, 0.25) is 0 Å². The van der Waals surface area contributed by atoms with E-state index in [1.807, 2.05) is 31.9 Å². The number of ether oxygens (including phenoxy) is 1. The Kier molecular flexibility index (Phi) is 6.40. The number of amides is 1. The first-order valence-corrected chi connectivity index (χ1v) is 12.6. The van der Waals surface area contributed by atoms with Gasteiger partial charge in [-0.15, -0.1) is 11.3 Å². The van der Waals surface area contributed by atoms with Gasteiger partial charge in [-0.1, -0.05) is 24.3 Å². The summed E-state index contributed by atoms with van der Waals surface area (Å²) in [6.45, 7) is 15.4. The summed E-state index contributed by atoms with van der Waals surface area (Å²) in [7, 11) is -0.359. The first-order chi connectivity index (χ1) is 15.3. The van der Waals surface area contributed by atoms with Crippen LogP contribution in [0, 0.1) is 0 Å². The Labute approximate surface area is 201 Å². The van der Waals surface area contributed by atoms with Crippen LogP contribution < -0.4 is 5.46 Å². The van der Waals surface area contributed by atoms with Crippen LogP contribution in [0.15, 0.2) is 30.5 Å². The molecule has 1 aromatic carbocycles. The van der Waals surface area contributed by atoms with Crippen LogP contribution in [-0.4, -0.2) is 53.0 Å². The summed E-state index contributed by atoms with van der Waals surface area (Å²) in [5.41, 5.74) is 0.956. The van der Waals surface area contributed by atoms with Crippen molar-refractivity contribution in [2.75, 3.05) is 13.1 Å². The Morgan fingerprint density at radius 1 is 1.15 bits per heavy atom. The summed E-state index contributed by atoms with van der Waals surface area (Å²) in [5, 5.41) is 1.08. The monoisotopic (exact) mass is 470 g/mol. The molecule has 2 saturated heterocycles. The van der Waals surface area contributed by atoms with E-state index in [0.29, 0.717) is 6.54 Å². The van der Waals surface area contributed by atoms with Crippen molar-refractivity contribution < 1.29 is 18.8 Å². The zero-order valence-corrected chi connectivity index (χ0v) is 21.6. The van der Waals surface area contributed by atoms with Crippen molar-refractivity contribution >= 4 is 30.0 Å². The zero-order chi connectivity index (χ0) is 24.0. The minimum atomic E-state index is -0.482. The predicted molar refractivity (Wildman–Crippen MR) is 133 cm³/mol. The number of carbonyl (C=O) groups is 1. The second-order valence-electron chi connectivity index (χ2n) is 11.0. The van der Waals surface area contributed by atoms with Gasteiger partial charge in [-0.25, -0.2) is 9.78 Å². The van der Waals surface area contributed by atoms with Gasteiger partial charge in [-0.2, -0.15) is 0 Å². The van der Waals surface area contributed by atoms with E-state index in [1.54, 1.807) is 11.3 Å². The largest absolute Gasteiger partial charge is 0.494 e. The number of carbonyl (C=O) groups excluding carboxylic acids is 1. The van der Waals surface area contributed by atoms with Crippen molar-refractivity contribution in [2.45, 2.75) is 84.0 Å². The first kappa shape index (κ1) is 24.2. The van der Waals surface area contributed by atoms with Crippen molar-refractivity contribution in [1.82, 2.24) is 9.88 Å². The highest BCUT2D eigenvalue weighted by Gasteiger charge is 2.51. The molecule has 178 valence electrons. The molecule has 0 N–H and O–H groups in total. The molecule has 1 aromatic heterocycles. The molecular formula is C25H35BN2O4S. The van der Waals surface area contributed by atoms with E-state index >= 15 is 0 Å². The van der Waals surface area contributed by atoms with E-state index in [-0.39, 0.29) is 30.3 Å². The third-order valence-electron chi connectivity index (χ3n) is 6.67. The van der Waals surface area contributed by atoms with Crippen molar-refractivity contribution in [3.63, 3.8) is 0 Å². The molecule has 3 heterocycles. The average molecular weight is 470 g/mol. The molecule has 1 atom stereocenters. The topological polar surface area (TPSA) is 60.9 Å². The Bertz CT molecular complexity index is 981. The summed E-state index contributed by atoms with van der Waals surface area (Å²) in [6.07, 6.45) is 3.70. The van der Waals surface area contributed by atoms with Crippen molar-refractivity contribution in [3.05, 3.63) is 35.5 Å². The Morgan fingerprint density at radius 3 is 2.39 bits per heavy atom. The highest BCUT2D eigenvalue weighted by Crippen LogP contribution is 2.37. The van der Waals surface area contributed by atoms with Gasteiger partial charge in [0.25, 0.3) is 0 Å². The number of likely N-dealkylation sites (tertiary alicyclic amines) is 1. The van der Waals surface area contributed by atoms with Gasteiger partial charge in [0.1, 0.15) is 5.60 Å². The van der Waals surface area contributed by atoms with Crippen LogP contribution in [0.4, 0.5) is 4.79 Å². The smallest absolute Gasteiger partial charge is 0.444 e. The fourth-order valence-electron chi connectivity index (χ4n) is 4.06. The Hall–Kier alpha value is -1.90. The Balaban J connectivity index is 1.43. The van der Waals surface area contributed by atoms with Crippen LogP contribution in [0.5, 0.6) is 0 Å². The number of aromatic nitrogens is 1. The molecule has 2 fully saturated rings. The summed E-state index contributed by atoms with van der Waals surface area (Å²) in [6, 6.07) is 8.35. The lowest BCUT2D eigenvalue weighted by atomic mass is 9.79. The van der Waals surface area contributed by atoms with E-state index in [2.05, 4.69) is 52.0 Å². The number of benzene rings is 1. The summed E-state index contributed by atoms with van der Waals surface area (Å²) in [5.74, 6) is 0.244. The molecule has 33 heavy (non-hydrogen) atoms. The normalized spacial score (nSPS) is 22.5. The number of hydrogen-bond donors (Lipinski definition) is 0. The van der Waals surface area contributed by atoms with Gasteiger partial charge >= 0.3 is 13.2 Å². The molecule has 6 nitrogen and oxygen atoms in total. The number of hydrogen-bond acceptors (Lipinski definition) is 6. The highest BCUT2D eigenvalue weighted by molar-refractivity contribution is 7.15. The lowest BCUT2D eigenvalue weighted by Gasteiger charge is -2.33. The lowest BCUT2D eigenvalue weighted by molar-refractivity contribution is 0.00578. The Morgan fingerprint density at radius 2 is 1.79 bits per heavy atom. The van der Waals surface area contributed by atoms with E-state index in [4.69, 9.17) is 19.0 Å². The number of rotatable bonds is 3. The van der Waals surface area contributed by atoms with Crippen molar-refractivity contribution in [1.29, 1.82) is 0 Å². The molecule has 2 aliphatic heterocycles. The van der Waals surface area contributed by atoms with Gasteiger partial charge in [0.05, 0.1) is 21.1 Å². The SMILES string of the molecule is CC(C)(C)OC(=O)N1CCCC(c2ncc(-c3ccc(B4OC(C)(C)C(C)(C)O4)cc3)s2)C1. The molecule has 0 spiro atoms. The highest BCUT2D eigenvalue weighted by atomic mass is 32.1. The molecule has 1 amide bonds. The van der Waals surface area contributed by atoms with Crippen molar-refractivity contribution in [3.8, 4) is 10.4 Å². The van der Waals surface area contributed by atoms with Gasteiger partial charge in [-0.05, 0) is 72.3 Å². The molecule has 0 saturated carbocycles. The van der Waals surface area contributed by atoms with E-state index in [9.17, 15) is 4.79 Å². The van der Waals surface area contributed by atoms with Crippen LogP contribution in [-0.2, 0) is 14.0 Å². The molecule has 4 rings (SSSR count). The quantitative estimate of drug-likeness (QED) is 0.576. The van der Waals surface area contributed by atoms with E-state index < -0.39 is 5.60 Å². The maximum absolute atomic E-state index is 12.5. The van der Waals surface area contributed by atoms with Crippen LogP contribution in [0.3, 0.4) is 0 Å². The third-order valence-corrected chi connectivity index (χ3v) is 7.88. The third kappa shape index (κ3) is 5.28. The second-order valence-corrected chi connectivity index (χ2v) is 12.1. The molecule has 8 heteroatoms. The predicted octanol–water partition coefficient (Wildman–Crippen LogP) is 5.22. The maximum Gasteiger partial charge on any atom is 0.494 e. The average Bonchev–Trinajstić information content (AvgIpc) is 3.30. The molecule has 1 unspecified atom stereocenters. The number of nitrogens with zero attached hydrogens (tertiary/aromatic N) is 2. The van der Waals surface area contributed by atoms with Crippen LogP contribution in [0.1, 0.15) is 72.2 Å². The summed E-state index contributed by atoms with van der Waals surface area (Å²) in [4.78, 5) is 20.2. The summed E-state index contributed by atoms with van der Waals surface area (Å²) < 4.78 is 17.9. The van der Waals surface area contributed by atoms with Crippen LogP contribution in [0.25, 0.3) is 10.4 Å². The standard InChI is InChI=1S/C25H35BN2O4S/c1-23(2,3)30-22(29)28-14-8-9-18(16-28)21-27-15-20(33-21)17-10-12-19(13-11-17)26-31-24(4,5)25(6,7)32-26/h10-13,15,18H,8-9,14,16H2,1-7H3. The minimum absolute atomic E-state index is 0.234. The molecule has 2 aromatic rings. The molecule has 2 aliphatic rings. The molecule has 0 radical (unpaired) electrons. The van der Waals surface area contributed by atoms with Crippen LogP contribution >= 0.6 is 11.3 Å². The van der Waals surface area contributed by atoms with Gasteiger partial charge in [0, 0.05) is 25.2 Å². The number of piperidine rings is 1. The lowest BCUT2D eigenvalue weighted by Crippen LogP contribution is -2.42. The number of thiazole rings is 1. The van der Waals surface area contributed by atoms with Gasteiger partial charge < -0.3 is 18.9 Å². The van der Waals surface area contributed by atoms with E-state index in [0.717, 1.165) is 40.3 Å². The van der Waals surface area contributed by atoms with Gasteiger partial charge in [0.2, 0.25) is 0 Å².